The molecule has 0 aromatic heterocycles. The Labute approximate surface area is 73.7 Å². The van der Waals surface area contributed by atoms with Crippen LogP contribution in [0, 0.1) is 40.4 Å². The van der Waals surface area contributed by atoms with Gasteiger partial charge in [0, 0.05) is 0 Å². The van der Waals surface area contributed by atoms with E-state index in [1.54, 1.807) is 25.7 Å². The van der Waals surface area contributed by atoms with Gasteiger partial charge in [-0.25, -0.2) is 0 Å². The molecule has 0 aromatic carbocycles. The van der Waals surface area contributed by atoms with E-state index in [0.717, 1.165) is 16.7 Å². The van der Waals surface area contributed by atoms with Crippen LogP contribution >= 0.6 is 0 Å². The van der Waals surface area contributed by atoms with Crippen LogP contribution in [-0.2, 0) is 0 Å². The molecule has 2 bridgehead atoms. The lowest BCUT2D eigenvalue weighted by Gasteiger charge is -2.70. The molecule has 0 heterocycles. The van der Waals surface area contributed by atoms with Crippen LogP contribution in [0.3, 0.4) is 0 Å². The third-order valence-corrected chi connectivity index (χ3v) is 6.67. The molecule has 0 radical (unpaired) electrons. The first kappa shape index (κ1) is 5.67. The zero-order chi connectivity index (χ0) is 7.72. The van der Waals surface area contributed by atoms with Crippen LogP contribution in [0.15, 0.2) is 0 Å². The Morgan fingerprint density at radius 3 is 2.92 bits per heavy atom. The van der Waals surface area contributed by atoms with Gasteiger partial charge >= 0.3 is 0 Å². The topological polar surface area (TPSA) is 0 Å². The number of hydrogen-bond acceptors (Lipinski definition) is 0. The molecule has 0 nitrogen and oxygen atoms in total. The van der Waals surface area contributed by atoms with Gasteiger partial charge in [0.1, 0.15) is 0 Å². The Bertz CT molecular complexity index is 307. The van der Waals surface area contributed by atoms with Crippen molar-refractivity contribution in [1.29, 1.82) is 0 Å². The average Bonchev–Trinajstić information content (AvgIpc) is 2.38. The Hall–Kier alpha value is 0. The summed E-state index contributed by atoms with van der Waals surface area (Å²) in [5.41, 5.74) is 1.98. The zero-order valence-corrected chi connectivity index (χ0v) is 7.72. The van der Waals surface area contributed by atoms with E-state index in [1.807, 2.05) is 0 Å². The van der Waals surface area contributed by atoms with Crippen molar-refractivity contribution in [2.24, 2.45) is 40.4 Å². The van der Waals surface area contributed by atoms with E-state index in [0.29, 0.717) is 0 Å². The van der Waals surface area contributed by atoms with Crippen molar-refractivity contribution in [1.82, 2.24) is 0 Å². The molecule has 0 aliphatic heterocycles. The summed E-state index contributed by atoms with van der Waals surface area (Å²) in [5, 5.41) is 0. The molecule has 0 aromatic rings. The summed E-state index contributed by atoms with van der Waals surface area (Å²) in [5.74, 6) is 6.08. The third kappa shape index (κ3) is 0.278. The average molecular weight is 160 g/mol. The van der Waals surface area contributed by atoms with Crippen molar-refractivity contribution in [2.75, 3.05) is 0 Å². The first-order valence-electron chi connectivity index (χ1n) is 5.78. The maximum atomic E-state index is 2.51. The smallest absolute Gasteiger partial charge is 0.0193 e. The molecule has 7 atom stereocenters. The molecular formula is C12H16. The molecule has 12 heavy (non-hydrogen) atoms. The normalized spacial score (nSPS) is 85.2. The van der Waals surface area contributed by atoms with Crippen LogP contribution in [0.4, 0.5) is 0 Å². The fourth-order valence-electron chi connectivity index (χ4n) is 6.54. The van der Waals surface area contributed by atoms with E-state index < -0.39 is 0 Å². The van der Waals surface area contributed by atoms with Crippen molar-refractivity contribution in [3.8, 4) is 0 Å². The predicted octanol–water partition coefficient (Wildman–Crippen LogP) is 2.69. The highest BCUT2D eigenvalue weighted by Crippen LogP contribution is 2.97. The van der Waals surface area contributed by atoms with Gasteiger partial charge in [-0.2, -0.15) is 0 Å². The summed E-state index contributed by atoms with van der Waals surface area (Å²) in [4.78, 5) is 0. The van der Waals surface area contributed by atoms with Crippen LogP contribution in [-0.4, -0.2) is 0 Å². The summed E-state index contributed by atoms with van der Waals surface area (Å²) >= 11 is 0. The Morgan fingerprint density at radius 1 is 1.25 bits per heavy atom. The van der Waals surface area contributed by atoms with E-state index in [1.165, 1.54) is 23.7 Å². The SMILES string of the molecule is C[C@@H]1CC2C3C[C@]45C[C@H]4[C@@]3(C5)[C@H]21. The van der Waals surface area contributed by atoms with Crippen LogP contribution in [0.25, 0.3) is 0 Å². The minimum Gasteiger partial charge on any atom is -0.0622 e. The Balaban J connectivity index is 1.68. The van der Waals surface area contributed by atoms with E-state index in [2.05, 4.69) is 6.92 Å². The van der Waals surface area contributed by atoms with Crippen LogP contribution < -0.4 is 0 Å². The van der Waals surface area contributed by atoms with Gasteiger partial charge in [0.25, 0.3) is 0 Å². The van der Waals surface area contributed by atoms with Crippen LogP contribution in [0.1, 0.15) is 32.6 Å². The molecular weight excluding hydrogens is 144 g/mol. The standard InChI is InChI=1S/C12H16/c1-6-2-7-8-3-11-4-9(11)12(8,5-11)10(6)7/h6-10H,2-5H2,1H3/t6-,7?,8?,9-,10+,11-,12+/m1/s1. The molecule has 0 amide bonds. The van der Waals surface area contributed by atoms with Gasteiger partial charge < -0.3 is 0 Å². The maximum Gasteiger partial charge on any atom is -0.0193 e. The summed E-state index contributed by atoms with van der Waals surface area (Å²) in [7, 11) is 0. The molecule has 0 heteroatoms. The Morgan fingerprint density at radius 2 is 2.17 bits per heavy atom. The lowest BCUT2D eigenvalue weighted by molar-refractivity contribution is -0.227. The molecule has 64 valence electrons. The van der Waals surface area contributed by atoms with Gasteiger partial charge in [-0.15, -0.1) is 0 Å². The third-order valence-electron chi connectivity index (χ3n) is 6.67. The zero-order valence-electron chi connectivity index (χ0n) is 7.72. The molecule has 2 unspecified atom stereocenters. The van der Waals surface area contributed by atoms with Crippen molar-refractivity contribution in [3.05, 3.63) is 0 Å². The summed E-state index contributed by atoms with van der Waals surface area (Å²) in [6.45, 7) is 2.51. The number of hydrogen-bond donors (Lipinski definition) is 0. The fraction of sp³-hybridized carbons (Fsp3) is 1.00. The van der Waals surface area contributed by atoms with Gasteiger partial charge in [-0.05, 0) is 66.1 Å². The van der Waals surface area contributed by atoms with Crippen molar-refractivity contribution >= 4 is 0 Å². The summed E-state index contributed by atoms with van der Waals surface area (Å²) in [6.07, 6.45) is 6.60. The van der Waals surface area contributed by atoms with Gasteiger partial charge in [0.05, 0.1) is 0 Å². The lowest BCUT2D eigenvalue weighted by Crippen LogP contribution is -2.65. The quantitative estimate of drug-likeness (QED) is 0.511. The van der Waals surface area contributed by atoms with E-state index in [9.17, 15) is 0 Å². The first-order valence-corrected chi connectivity index (χ1v) is 5.78. The fourth-order valence-corrected chi connectivity index (χ4v) is 6.54. The van der Waals surface area contributed by atoms with Crippen molar-refractivity contribution < 1.29 is 0 Å². The molecule has 0 saturated heterocycles. The van der Waals surface area contributed by atoms with Crippen molar-refractivity contribution in [2.45, 2.75) is 32.6 Å². The molecule has 6 aliphatic rings. The van der Waals surface area contributed by atoms with Gasteiger partial charge in [0.2, 0.25) is 0 Å². The largest absolute Gasteiger partial charge is 0.0622 e. The summed E-state index contributed by atoms with van der Waals surface area (Å²) < 4.78 is 0. The minimum absolute atomic E-state index is 0.988. The maximum absolute atomic E-state index is 2.51. The summed E-state index contributed by atoms with van der Waals surface area (Å²) in [6, 6.07) is 0. The monoisotopic (exact) mass is 160 g/mol. The molecule has 6 aliphatic carbocycles. The number of rotatable bonds is 0. The molecule has 6 fully saturated rings. The Kier molecular flexibility index (Phi) is 0.541. The van der Waals surface area contributed by atoms with Crippen LogP contribution in [0.2, 0.25) is 0 Å². The first-order chi connectivity index (χ1) is 5.78. The van der Waals surface area contributed by atoms with E-state index >= 15 is 0 Å². The van der Waals surface area contributed by atoms with Gasteiger partial charge in [0.15, 0.2) is 0 Å². The van der Waals surface area contributed by atoms with E-state index in [4.69, 9.17) is 0 Å². The molecule has 2 spiro atoms. The van der Waals surface area contributed by atoms with Crippen LogP contribution in [0.5, 0.6) is 0 Å². The molecule has 6 rings (SSSR count). The highest BCUT2D eigenvalue weighted by atomic mass is 14.9. The number of fused-ring (bicyclic) bond motifs is 1. The second-order valence-corrected chi connectivity index (χ2v) is 6.62. The molecule has 6 saturated carbocycles. The van der Waals surface area contributed by atoms with E-state index in [-0.39, 0.29) is 0 Å². The highest BCUT2D eigenvalue weighted by Gasteiger charge is 2.91. The second kappa shape index (κ2) is 1.14. The van der Waals surface area contributed by atoms with Crippen molar-refractivity contribution in [3.63, 3.8) is 0 Å². The minimum atomic E-state index is 0.988. The predicted molar refractivity (Wildman–Crippen MR) is 46.5 cm³/mol. The lowest BCUT2D eigenvalue weighted by atomic mass is 9.34. The van der Waals surface area contributed by atoms with Gasteiger partial charge in [-0.3, -0.25) is 0 Å². The van der Waals surface area contributed by atoms with Gasteiger partial charge in [-0.1, -0.05) is 6.92 Å². The highest BCUT2D eigenvalue weighted by molar-refractivity contribution is 5.39. The molecule has 0 N–H and O–H groups in total. The second-order valence-electron chi connectivity index (χ2n) is 6.62.